The van der Waals surface area contributed by atoms with E-state index in [2.05, 4.69) is 4.18 Å². The van der Waals surface area contributed by atoms with Gasteiger partial charge >= 0.3 is 10.1 Å². The van der Waals surface area contributed by atoms with Gasteiger partial charge < -0.3 is 4.18 Å². The highest BCUT2D eigenvalue weighted by molar-refractivity contribution is 7.87. The second kappa shape index (κ2) is 3.98. The van der Waals surface area contributed by atoms with Gasteiger partial charge in [0, 0.05) is 0 Å². The summed E-state index contributed by atoms with van der Waals surface area (Å²) in [6, 6.07) is 1.57. The van der Waals surface area contributed by atoms with Crippen LogP contribution in [0, 0.1) is 11.3 Å². The van der Waals surface area contributed by atoms with Gasteiger partial charge in [0.1, 0.15) is 6.26 Å². The Balaban J connectivity index is 4.39. The molecule has 0 aliphatic rings. The molecule has 0 aromatic rings. The Morgan fingerprint density at radius 1 is 1.64 bits per heavy atom. The lowest BCUT2D eigenvalue weighted by Gasteiger charge is -2.01. The van der Waals surface area contributed by atoms with Crippen molar-refractivity contribution in [1.82, 2.24) is 0 Å². The molecule has 0 bridgehead atoms. The van der Waals surface area contributed by atoms with Crippen LogP contribution in [0.15, 0.2) is 12.3 Å². The molecule has 5 heteroatoms. The third-order valence-electron chi connectivity index (χ3n) is 0.941. The second-order valence-electron chi connectivity index (χ2n) is 1.83. The van der Waals surface area contributed by atoms with Gasteiger partial charge in [-0.1, -0.05) is 6.08 Å². The molecular weight excluding hydrogens is 166 g/mol. The van der Waals surface area contributed by atoms with Gasteiger partial charge in [-0.2, -0.15) is 13.7 Å². The van der Waals surface area contributed by atoms with Crippen LogP contribution in [-0.2, 0) is 14.3 Å². The maximum Gasteiger partial charge on any atom is 0.324 e. The molecule has 1 atom stereocenters. The summed E-state index contributed by atoms with van der Waals surface area (Å²) in [4.78, 5) is 0. The largest absolute Gasteiger partial charge is 0.390 e. The smallest absolute Gasteiger partial charge is 0.324 e. The molecule has 0 N–H and O–H groups in total. The van der Waals surface area contributed by atoms with Gasteiger partial charge in [0.15, 0.2) is 5.25 Å². The number of allylic oxidation sites excluding steroid dienone is 1. The monoisotopic (exact) mass is 175 g/mol. The fourth-order valence-electron chi connectivity index (χ4n) is 0.281. The summed E-state index contributed by atoms with van der Waals surface area (Å²) in [6.07, 6.45) is 2.46. The number of hydrogen-bond donors (Lipinski definition) is 0. The van der Waals surface area contributed by atoms with Crippen LogP contribution in [0.5, 0.6) is 0 Å². The summed E-state index contributed by atoms with van der Waals surface area (Å²) in [6.45, 7) is 2.88. The van der Waals surface area contributed by atoms with E-state index in [1.54, 1.807) is 13.0 Å². The number of nitrogens with zero attached hydrogens (tertiary/aromatic N) is 1. The van der Waals surface area contributed by atoms with Crippen LogP contribution < -0.4 is 0 Å². The van der Waals surface area contributed by atoms with Gasteiger partial charge in [0.2, 0.25) is 0 Å². The lowest BCUT2D eigenvalue weighted by Crippen LogP contribution is -2.16. The first kappa shape index (κ1) is 9.98. The zero-order chi connectivity index (χ0) is 8.91. The maximum absolute atomic E-state index is 10.8. The van der Waals surface area contributed by atoms with Crippen molar-refractivity contribution in [2.75, 3.05) is 0 Å². The van der Waals surface area contributed by atoms with Crippen LogP contribution in [0.3, 0.4) is 0 Å². The molecule has 0 aromatic carbocycles. The van der Waals surface area contributed by atoms with Gasteiger partial charge in [0.05, 0.1) is 6.07 Å². The summed E-state index contributed by atoms with van der Waals surface area (Å²) in [5, 5.41) is 7.11. The first-order chi connectivity index (χ1) is 5.04. The zero-order valence-electron chi connectivity index (χ0n) is 6.31. The number of hydrogen-bond acceptors (Lipinski definition) is 4. The zero-order valence-corrected chi connectivity index (χ0v) is 7.13. The summed E-state index contributed by atoms with van der Waals surface area (Å²) in [5.41, 5.74) is 0. The third kappa shape index (κ3) is 3.05. The van der Waals surface area contributed by atoms with Crippen LogP contribution in [-0.4, -0.2) is 13.7 Å². The molecular formula is C6H9NO3S. The molecule has 11 heavy (non-hydrogen) atoms. The Hall–Kier alpha value is -1.02. The number of nitriles is 1. The van der Waals surface area contributed by atoms with Crippen molar-refractivity contribution < 1.29 is 12.6 Å². The Morgan fingerprint density at radius 3 is 2.55 bits per heavy atom. The summed E-state index contributed by atoms with van der Waals surface area (Å²) in [5.74, 6) is 0. The van der Waals surface area contributed by atoms with Crippen LogP contribution in [0.2, 0.25) is 0 Å². The molecule has 4 nitrogen and oxygen atoms in total. The minimum Gasteiger partial charge on any atom is -0.390 e. The van der Waals surface area contributed by atoms with E-state index in [1.165, 1.54) is 13.0 Å². The standard InChI is InChI=1S/C6H9NO3S/c1-3-4-10-11(8,9)6(2)5-7/h3-4,6H,1-2H3. The van der Waals surface area contributed by atoms with Crippen molar-refractivity contribution in [2.45, 2.75) is 19.1 Å². The highest BCUT2D eigenvalue weighted by Crippen LogP contribution is 2.02. The van der Waals surface area contributed by atoms with Gasteiger partial charge in [-0.05, 0) is 13.8 Å². The first-order valence-corrected chi connectivity index (χ1v) is 4.44. The minimum atomic E-state index is -3.72. The number of rotatable bonds is 3. The van der Waals surface area contributed by atoms with Crippen molar-refractivity contribution in [3.63, 3.8) is 0 Å². The topological polar surface area (TPSA) is 67.2 Å². The Kier molecular flexibility index (Phi) is 3.61. The quantitative estimate of drug-likeness (QED) is 0.469. The Bertz CT molecular complexity index is 273. The van der Waals surface area contributed by atoms with Crippen molar-refractivity contribution in [1.29, 1.82) is 5.26 Å². The van der Waals surface area contributed by atoms with Crippen LogP contribution >= 0.6 is 0 Å². The molecule has 0 spiro atoms. The lowest BCUT2D eigenvalue weighted by molar-refractivity contribution is 0.439. The van der Waals surface area contributed by atoms with Crippen molar-refractivity contribution >= 4 is 10.1 Å². The van der Waals surface area contributed by atoms with Crippen molar-refractivity contribution in [3.05, 3.63) is 12.3 Å². The molecule has 0 rings (SSSR count). The predicted octanol–water partition coefficient (Wildman–Crippen LogP) is 0.778. The molecule has 0 radical (unpaired) electrons. The molecule has 1 unspecified atom stereocenters. The fraction of sp³-hybridized carbons (Fsp3) is 0.500. The lowest BCUT2D eigenvalue weighted by atomic mass is 10.5. The second-order valence-corrected chi connectivity index (χ2v) is 3.71. The fourth-order valence-corrected chi connectivity index (χ4v) is 0.843. The van der Waals surface area contributed by atoms with Crippen LogP contribution in [0.4, 0.5) is 0 Å². The van der Waals surface area contributed by atoms with E-state index in [-0.39, 0.29) is 0 Å². The average Bonchev–Trinajstić information content (AvgIpc) is 1.99. The van der Waals surface area contributed by atoms with E-state index >= 15 is 0 Å². The normalized spacial score (nSPS) is 14.3. The highest BCUT2D eigenvalue weighted by atomic mass is 32.2. The van der Waals surface area contributed by atoms with Gasteiger partial charge in [-0.3, -0.25) is 0 Å². The molecule has 0 aliphatic carbocycles. The van der Waals surface area contributed by atoms with Crippen molar-refractivity contribution in [2.24, 2.45) is 0 Å². The van der Waals surface area contributed by atoms with E-state index in [1.807, 2.05) is 0 Å². The predicted molar refractivity (Wildman–Crippen MR) is 39.9 cm³/mol. The van der Waals surface area contributed by atoms with E-state index in [9.17, 15) is 8.42 Å². The third-order valence-corrected chi connectivity index (χ3v) is 2.29. The van der Waals surface area contributed by atoms with E-state index < -0.39 is 15.4 Å². The van der Waals surface area contributed by atoms with Crippen LogP contribution in [0.25, 0.3) is 0 Å². The molecule has 0 fully saturated rings. The molecule has 0 aromatic heterocycles. The van der Waals surface area contributed by atoms with E-state index in [0.29, 0.717) is 0 Å². The van der Waals surface area contributed by atoms with E-state index in [4.69, 9.17) is 5.26 Å². The SMILES string of the molecule is CC=COS(=O)(=O)C(C)C#N. The molecule has 62 valence electrons. The van der Waals surface area contributed by atoms with Gasteiger partial charge in [0.25, 0.3) is 0 Å². The molecule has 0 saturated heterocycles. The summed E-state index contributed by atoms with van der Waals surface area (Å²) in [7, 11) is -3.72. The molecule has 0 aliphatic heterocycles. The van der Waals surface area contributed by atoms with Crippen molar-refractivity contribution in [3.8, 4) is 6.07 Å². The van der Waals surface area contributed by atoms with Gasteiger partial charge in [-0.25, -0.2) is 0 Å². The highest BCUT2D eigenvalue weighted by Gasteiger charge is 2.19. The first-order valence-electron chi connectivity index (χ1n) is 2.97. The maximum atomic E-state index is 10.8. The molecule has 0 heterocycles. The molecule has 0 amide bonds. The van der Waals surface area contributed by atoms with Gasteiger partial charge in [-0.15, -0.1) is 0 Å². The average molecular weight is 175 g/mol. The Morgan fingerprint density at radius 2 is 2.18 bits per heavy atom. The molecule has 0 saturated carbocycles. The van der Waals surface area contributed by atoms with Crippen LogP contribution in [0.1, 0.15) is 13.8 Å². The Labute approximate surface area is 66.2 Å². The summed E-state index contributed by atoms with van der Waals surface area (Å²) < 4.78 is 25.9. The summed E-state index contributed by atoms with van der Waals surface area (Å²) >= 11 is 0. The minimum absolute atomic E-state index is 1.03. The van der Waals surface area contributed by atoms with E-state index in [0.717, 1.165) is 6.26 Å².